The molecule has 2 aliphatic rings. The molecule has 1 unspecified atom stereocenters. The highest BCUT2D eigenvalue weighted by Crippen LogP contribution is 2.42. The van der Waals surface area contributed by atoms with Crippen molar-refractivity contribution in [2.45, 2.75) is 39.3 Å². The average molecular weight is 404 g/mol. The lowest BCUT2D eigenvalue weighted by molar-refractivity contribution is -0.132. The number of hydrogen-bond acceptors (Lipinski definition) is 2. The zero-order chi connectivity index (χ0) is 21.1. The highest BCUT2D eigenvalue weighted by molar-refractivity contribution is 5.86. The van der Waals surface area contributed by atoms with Crippen LogP contribution < -0.4 is 10.6 Å². The lowest BCUT2D eigenvalue weighted by atomic mass is 9.86. The van der Waals surface area contributed by atoms with Gasteiger partial charge in [0, 0.05) is 13.1 Å². The molecule has 2 aromatic carbocycles. The molecule has 30 heavy (non-hydrogen) atoms. The van der Waals surface area contributed by atoms with Crippen LogP contribution in [0.15, 0.2) is 60.2 Å². The molecule has 5 heteroatoms. The van der Waals surface area contributed by atoms with Crippen LogP contribution in [0.4, 0.5) is 4.79 Å². The summed E-state index contributed by atoms with van der Waals surface area (Å²) in [6.45, 7) is 5.49. The Balaban J connectivity index is 1.38. The molecule has 1 aliphatic carbocycles. The number of hydrogen-bond donors (Lipinski definition) is 2. The van der Waals surface area contributed by atoms with Gasteiger partial charge in [0.15, 0.2) is 0 Å². The largest absolute Gasteiger partial charge is 0.334 e. The van der Waals surface area contributed by atoms with Crippen molar-refractivity contribution in [3.05, 3.63) is 76.9 Å². The Morgan fingerprint density at radius 1 is 1.03 bits per heavy atom. The molecule has 5 nitrogen and oxygen atoms in total. The minimum atomic E-state index is -0.321. The predicted octanol–water partition coefficient (Wildman–Crippen LogP) is 3.75. The van der Waals surface area contributed by atoms with Crippen LogP contribution in [-0.2, 0) is 17.8 Å². The fourth-order valence-corrected chi connectivity index (χ4v) is 4.73. The summed E-state index contributed by atoms with van der Waals surface area (Å²) in [6.07, 6.45) is 1.80. The van der Waals surface area contributed by atoms with Gasteiger partial charge in [0.25, 0.3) is 0 Å². The van der Waals surface area contributed by atoms with Crippen molar-refractivity contribution in [3.63, 3.8) is 0 Å². The first-order valence-electron chi connectivity index (χ1n) is 10.7. The SMILES string of the molecule is CC(C)C1C2=C(CCN1C(=O)CNC(=O)NCc1ccccc1)c1ccccc1C2. The van der Waals surface area contributed by atoms with Gasteiger partial charge in [-0.05, 0) is 46.6 Å². The van der Waals surface area contributed by atoms with Crippen molar-refractivity contribution >= 4 is 17.5 Å². The first-order chi connectivity index (χ1) is 14.5. The van der Waals surface area contributed by atoms with E-state index in [1.807, 2.05) is 35.2 Å². The summed E-state index contributed by atoms with van der Waals surface area (Å²) in [5, 5.41) is 5.54. The van der Waals surface area contributed by atoms with Crippen LogP contribution in [0.5, 0.6) is 0 Å². The molecule has 156 valence electrons. The maximum atomic E-state index is 13.0. The quantitative estimate of drug-likeness (QED) is 0.799. The number of urea groups is 1. The van der Waals surface area contributed by atoms with E-state index < -0.39 is 0 Å². The molecular formula is C25H29N3O2. The maximum absolute atomic E-state index is 13.0. The number of nitrogens with one attached hydrogen (secondary N) is 2. The van der Waals surface area contributed by atoms with E-state index in [-0.39, 0.29) is 24.5 Å². The van der Waals surface area contributed by atoms with Gasteiger partial charge in [0.05, 0.1) is 12.6 Å². The van der Waals surface area contributed by atoms with Crippen LogP contribution in [0.2, 0.25) is 0 Å². The number of carbonyl (C=O) groups excluding carboxylic acids is 2. The number of carbonyl (C=O) groups is 2. The highest BCUT2D eigenvalue weighted by atomic mass is 16.2. The van der Waals surface area contributed by atoms with Crippen LogP contribution in [0.25, 0.3) is 5.57 Å². The van der Waals surface area contributed by atoms with Gasteiger partial charge in [0.2, 0.25) is 5.91 Å². The van der Waals surface area contributed by atoms with E-state index in [0.29, 0.717) is 19.0 Å². The number of amides is 3. The molecule has 3 amide bonds. The van der Waals surface area contributed by atoms with Crippen LogP contribution in [0.1, 0.15) is 37.0 Å². The second kappa shape index (κ2) is 8.74. The molecule has 2 aromatic rings. The Morgan fingerprint density at radius 3 is 2.53 bits per heavy atom. The summed E-state index contributed by atoms with van der Waals surface area (Å²) >= 11 is 0. The Labute approximate surface area is 178 Å². The minimum Gasteiger partial charge on any atom is -0.334 e. The van der Waals surface area contributed by atoms with Crippen molar-refractivity contribution < 1.29 is 9.59 Å². The number of benzene rings is 2. The Hall–Kier alpha value is -3.08. The van der Waals surface area contributed by atoms with E-state index in [0.717, 1.165) is 18.4 Å². The maximum Gasteiger partial charge on any atom is 0.315 e. The van der Waals surface area contributed by atoms with Crippen LogP contribution in [0, 0.1) is 5.92 Å². The summed E-state index contributed by atoms with van der Waals surface area (Å²) < 4.78 is 0. The van der Waals surface area contributed by atoms with E-state index in [1.165, 1.54) is 22.3 Å². The van der Waals surface area contributed by atoms with Gasteiger partial charge in [-0.15, -0.1) is 0 Å². The molecule has 4 rings (SSSR count). The lowest BCUT2D eigenvalue weighted by Crippen LogP contribution is -2.51. The fourth-order valence-electron chi connectivity index (χ4n) is 4.73. The van der Waals surface area contributed by atoms with Gasteiger partial charge in [0.1, 0.15) is 0 Å². The first-order valence-corrected chi connectivity index (χ1v) is 10.7. The highest BCUT2D eigenvalue weighted by Gasteiger charge is 2.37. The zero-order valence-electron chi connectivity index (χ0n) is 17.7. The van der Waals surface area contributed by atoms with E-state index in [1.54, 1.807) is 0 Å². The second-order valence-electron chi connectivity index (χ2n) is 8.39. The molecule has 0 saturated heterocycles. The lowest BCUT2D eigenvalue weighted by Gasteiger charge is -2.40. The monoisotopic (exact) mass is 403 g/mol. The third-order valence-electron chi connectivity index (χ3n) is 6.05. The standard InChI is InChI=1S/C25H29N3O2/c1-17(2)24-22-14-19-10-6-7-11-20(19)21(22)12-13-28(24)23(29)16-27-25(30)26-15-18-8-4-3-5-9-18/h3-11,17,24H,12-16H2,1-2H3,(H2,26,27,30). The normalized spacial score (nSPS) is 17.6. The summed E-state index contributed by atoms with van der Waals surface area (Å²) in [6, 6.07) is 18.1. The third-order valence-corrected chi connectivity index (χ3v) is 6.05. The topological polar surface area (TPSA) is 61.4 Å². The van der Waals surface area contributed by atoms with Crippen molar-refractivity contribution in [1.29, 1.82) is 0 Å². The van der Waals surface area contributed by atoms with Crippen LogP contribution >= 0.6 is 0 Å². The molecule has 1 atom stereocenters. The molecule has 0 radical (unpaired) electrons. The number of rotatable bonds is 5. The molecule has 0 aromatic heterocycles. The second-order valence-corrected chi connectivity index (χ2v) is 8.39. The van der Waals surface area contributed by atoms with Crippen molar-refractivity contribution in [2.24, 2.45) is 5.92 Å². The molecule has 0 saturated carbocycles. The minimum absolute atomic E-state index is 0.0133. The van der Waals surface area contributed by atoms with E-state index >= 15 is 0 Å². The third kappa shape index (κ3) is 4.11. The van der Waals surface area contributed by atoms with Gasteiger partial charge in [-0.2, -0.15) is 0 Å². The molecule has 1 heterocycles. The fraction of sp³-hybridized carbons (Fsp3) is 0.360. The van der Waals surface area contributed by atoms with Gasteiger partial charge < -0.3 is 15.5 Å². The van der Waals surface area contributed by atoms with Gasteiger partial charge in [-0.25, -0.2) is 4.79 Å². The number of nitrogens with zero attached hydrogens (tertiary/aromatic N) is 1. The van der Waals surface area contributed by atoms with Gasteiger partial charge in [-0.3, -0.25) is 4.79 Å². The Bertz CT molecular complexity index is 965. The average Bonchev–Trinajstić information content (AvgIpc) is 3.14. The molecule has 0 fully saturated rings. The van der Waals surface area contributed by atoms with E-state index in [4.69, 9.17) is 0 Å². The molecule has 0 spiro atoms. The molecule has 0 bridgehead atoms. The Morgan fingerprint density at radius 2 is 1.77 bits per heavy atom. The predicted molar refractivity (Wildman–Crippen MR) is 119 cm³/mol. The summed E-state index contributed by atoms with van der Waals surface area (Å²) in [7, 11) is 0. The zero-order valence-corrected chi connectivity index (χ0v) is 17.7. The van der Waals surface area contributed by atoms with Crippen molar-refractivity contribution in [1.82, 2.24) is 15.5 Å². The van der Waals surface area contributed by atoms with E-state index in [2.05, 4.69) is 48.7 Å². The molecule has 1 aliphatic heterocycles. The summed E-state index contributed by atoms with van der Waals surface area (Å²) in [5.74, 6) is 0.298. The van der Waals surface area contributed by atoms with Crippen molar-refractivity contribution in [2.75, 3.05) is 13.1 Å². The first kappa shape index (κ1) is 20.2. The molecular weight excluding hydrogens is 374 g/mol. The van der Waals surface area contributed by atoms with Crippen molar-refractivity contribution in [3.8, 4) is 0 Å². The summed E-state index contributed by atoms with van der Waals surface area (Å²) in [5.41, 5.74) is 6.53. The number of fused-ring (bicyclic) bond motifs is 2. The van der Waals surface area contributed by atoms with Crippen LogP contribution in [0.3, 0.4) is 0 Å². The van der Waals surface area contributed by atoms with Gasteiger partial charge >= 0.3 is 6.03 Å². The van der Waals surface area contributed by atoms with Crippen LogP contribution in [-0.4, -0.2) is 36.0 Å². The van der Waals surface area contributed by atoms with Gasteiger partial charge in [-0.1, -0.05) is 68.4 Å². The molecule has 2 N–H and O–H groups in total. The Kier molecular flexibility index (Phi) is 5.88. The summed E-state index contributed by atoms with van der Waals surface area (Å²) in [4.78, 5) is 27.1. The smallest absolute Gasteiger partial charge is 0.315 e. The van der Waals surface area contributed by atoms with E-state index in [9.17, 15) is 9.59 Å².